The first-order valence-corrected chi connectivity index (χ1v) is 6.07. The van der Waals surface area contributed by atoms with Crippen molar-refractivity contribution in [3.8, 4) is 0 Å². The zero-order valence-electron chi connectivity index (χ0n) is 9.35. The Kier molecular flexibility index (Phi) is 4.91. The zero-order chi connectivity index (χ0) is 12.1. The SMILES string of the molecule is CC(C)CN(CC(N)=O)c1ncc(I)cn1. The van der Waals surface area contributed by atoms with Gasteiger partial charge in [0.1, 0.15) is 0 Å². The third-order valence-corrected chi connectivity index (χ3v) is 2.38. The zero-order valence-corrected chi connectivity index (χ0v) is 11.5. The molecule has 0 saturated carbocycles. The monoisotopic (exact) mass is 334 g/mol. The molecule has 0 unspecified atom stereocenters. The lowest BCUT2D eigenvalue weighted by Gasteiger charge is -2.22. The molecule has 0 aliphatic heterocycles. The Labute approximate surface area is 109 Å². The second kappa shape index (κ2) is 5.97. The van der Waals surface area contributed by atoms with Crippen molar-refractivity contribution in [3.63, 3.8) is 0 Å². The summed E-state index contributed by atoms with van der Waals surface area (Å²) in [4.78, 5) is 21.1. The Balaban J connectivity index is 2.82. The first-order valence-electron chi connectivity index (χ1n) is 5.00. The van der Waals surface area contributed by atoms with Crippen LogP contribution in [0.4, 0.5) is 5.95 Å². The lowest BCUT2D eigenvalue weighted by Crippen LogP contribution is -2.37. The highest BCUT2D eigenvalue weighted by atomic mass is 127. The Morgan fingerprint density at radius 2 is 2.06 bits per heavy atom. The number of nitrogens with zero attached hydrogens (tertiary/aromatic N) is 3. The number of anilines is 1. The van der Waals surface area contributed by atoms with E-state index >= 15 is 0 Å². The normalized spacial score (nSPS) is 10.5. The van der Waals surface area contributed by atoms with Gasteiger partial charge in [-0.2, -0.15) is 0 Å². The van der Waals surface area contributed by atoms with Crippen molar-refractivity contribution in [2.75, 3.05) is 18.0 Å². The highest BCUT2D eigenvalue weighted by Gasteiger charge is 2.13. The second-order valence-corrected chi connectivity index (χ2v) is 5.19. The first kappa shape index (κ1) is 13.1. The van der Waals surface area contributed by atoms with Crippen molar-refractivity contribution in [2.45, 2.75) is 13.8 Å². The molecule has 1 aromatic rings. The molecule has 0 atom stereocenters. The third kappa shape index (κ3) is 4.30. The standard InChI is InChI=1S/C10H15IN4O/c1-7(2)5-15(6-9(12)16)10-13-3-8(11)4-14-10/h3-4,7H,5-6H2,1-2H3,(H2,12,16). The lowest BCUT2D eigenvalue weighted by molar-refractivity contribution is -0.116. The van der Waals surface area contributed by atoms with Crippen molar-refractivity contribution in [3.05, 3.63) is 16.0 Å². The fraction of sp³-hybridized carbons (Fsp3) is 0.500. The summed E-state index contributed by atoms with van der Waals surface area (Å²) >= 11 is 2.14. The molecule has 0 saturated heterocycles. The molecule has 88 valence electrons. The van der Waals surface area contributed by atoms with Crippen LogP contribution in [0, 0.1) is 9.49 Å². The average molecular weight is 334 g/mol. The molecule has 1 amide bonds. The van der Waals surface area contributed by atoms with Crippen LogP contribution < -0.4 is 10.6 Å². The summed E-state index contributed by atoms with van der Waals surface area (Å²) in [5.41, 5.74) is 5.20. The van der Waals surface area contributed by atoms with Gasteiger partial charge in [0, 0.05) is 22.5 Å². The number of amides is 1. The van der Waals surface area contributed by atoms with Gasteiger partial charge in [-0.15, -0.1) is 0 Å². The highest BCUT2D eigenvalue weighted by Crippen LogP contribution is 2.10. The van der Waals surface area contributed by atoms with E-state index in [1.54, 1.807) is 17.3 Å². The van der Waals surface area contributed by atoms with E-state index in [1.165, 1.54) is 0 Å². The smallest absolute Gasteiger partial charge is 0.237 e. The number of carbonyl (C=O) groups is 1. The van der Waals surface area contributed by atoms with E-state index in [2.05, 4.69) is 46.4 Å². The van der Waals surface area contributed by atoms with Crippen LogP contribution in [0.25, 0.3) is 0 Å². The average Bonchev–Trinajstić information content (AvgIpc) is 2.16. The van der Waals surface area contributed by atoms with Gasteiger partial charge < -0.3 is 10.6 Å². The van der Waals surface area contributed by atoms with Crippen LogP contribution in [0.3, 0.4) is 0 Å². The molecule has 0 fully saturated rings. The molecule has 1 aromatic heterocycles. The largest absolute Gasteiger partial charge is 0.368 e. The second-order valence-electron chi connectivity index (χ2n) is 3.94. The van der Waals surface area contributed by atoms with Crippen LogP contribution in [0.1, 0.15) is 13.8 Å². The number of carbonyl (C=O) groups excluding carboxylic acids is 1. The summed E-state index contributed by atoms with van der Waals surface area (Å²) in [7, 11) is 0. The number of halogens is 1. The molecule has 0 spiro atoms. The summed E-state index contributed by atoms with van der Waals surface area (Å²) in [6, 6.07) is 0. The number of primary amides is 1. The van der Waals surface area contributed by atoms with E-state index in [1.807, 2.05) is 0 Å². The number of hydrogen-bond donors (Lipinski definition) is 1. The van der Waals surface area contributed by atoms with E-state index in [0.29, 0.717) is 18.4 Å². The summed E-state index contributed by atoms with van der Waals surface area (Å²) < 4.78 is 0.963. The molecule has 0 radical (unpaired) electrons. The van der Waals surface area contributed by atoms with Gasteiger partial charge in [0.25, 0.3) is 0 Å². The summed E-state index contributed by atoms with van der Waals surface area (Å²) in [5, 5.41) is 0. The fourth-order valence-electron chi connectivity index (χ4n) is 1.31. The van der Waals surface area contributed by atoms with E-state index in [4.69, 9.17) is 5.73 Å². The Morgan fingerprint density at radius 1 is 1.50 bits per heavy atom. The van der Waals surface area contributed by atoms with Crippen molar-refractivity contribution in [2.24, 2.45) is 11.7 Å². The topological polar surface area (TPSA) is 72.1 Å². The lowest BCUT2D eigenvalue weighted by atomic mass is 10.2. The van der Waals surface area contributed by atoms with E-state index in [9.17, 15) is 4.79 Å². The van der Waals surface area contributed by atoms with Crippen LogP contribution in [-0.4, -0.2) is 29.0 Å². The maximum absolute atomic E-state index is 11.0. The quantitative estimate of drug-likeness (QED) is 0.817. The highest BCUT2D eigenvalue weighted by molar-refractivity contribution is 14.1. The number of hydrogen-bond acceptors (Lipinski definition) is 4. The Hall–Kier alpha value is -0.920. The summed E-state index contributed by atoms with van der Waals surface area (Å²) in [5.74, 6) is 0.595. The molecule has 5 nitrogen and oxygen atoms in total. The first-order chi connectivity index (χ1) is 7.49. The van der Waals surface area contributed by atoms with Crippen molar-refractivity contribution in [1.29, 1.82) is 0 Å². The van der Waals surface area contributed by atoms with Gasteiger partial charge in [0.15, 0.2) is 0 Å². The molecule has 0 aliphatic rings. The molecular weight excluding hydrogens is 319 g/mol. The Morgan fingerprint density at radius 3 is 2.50 bits per heavy atom. The maximum atomic E-state index is 11.0. The maximum Gasteiger partial charge on any atom is 0.237 e. The van der Waals surface area contributed by atoms with Gasteiger partial charge in [0.2, 0.25) is 11.9 Å². The molecule has 6 heteroatoms. The molecule has 0 aliphatic carbocycles. The van der Waals surface area contributed by atoms with E-state index in [-0.39, 0.29) is 12.5 Å². The molecule has 1 heterocycles. The molecule has 2 N–H and O–H groups in total. The minimum atomic E-state index is -0.372. The van der Waals surface area contributed by atoms with Gasteiger partial charge >= 0.3 is 0 Å². The van der Waals surface area contributed by atoms with Crippen LogP contribution in [0.15, 0.2) is 12.4 Å². The number of nitrogens with two attached hydrogens (primary N) is 1. The predicted molar refractivity (Wildman–Crippen MR) is 71.0 cm³/mol. The van der Waals surface area contributed by atoms with Crippen molar-refractivity contribution in [1.82, 2.24) is 9.97 Å². The van der Waals surface area contributed by atoms with Crippen LogP contribution in [0.2, 0.25) is 0 Å². The molecule has 0 bridgehead atoms. The van der Waals surface area contributed by atoms with Crippen LogP contribution in [-0.2, 0) is 4.79 Å². The van der Waals surface area contributed by atoms with Gasteiger partial charge in [-0.05, 0) is 28.5 Å². The minimum Gasteiger partial charge on any atom is -0.368 e. The van der Waals surface area contributed by atoms with E-state index < -0.39 is 0 Å². The van der Waals surface area contributed by atoms with Crippen LogP contribution in [0.5, 0.6) is 0 Å². The van der Waals surface area contributed by atoms with Gasteiger partial charge in [-0.3, -0.25) is 4.79 Å². The minimum absolute atomic E-state index is 0.152. The van der Waals surface area contributed by atoms with Gasteiger partial charge in [-0.1, -0.05) is 13.8 Å². The molecular formula is C10H15IN4O. The van der Waals surface area contributed by atoms with Crippen molar-refractivity contribution >= 4 is 34.4 Å². The molecule has 0 aromatic carbocycles. The van der Waals surface area contributed by atoms with Gasteiger partial charge in [0.05, 0.1) is 6.54 Å². The number of aromatic nitrogens is 2. The van der Waals surface area contributed by atoms with Crippen LogP contribution >= 0.6 is 22.6 Å². The van der Waals surface area contributed by atoms with Gasteiger partial charge in [-0.25, -0.2) is 9.97 Å². The predicted octanol–water partition coefficient (Wildman–Crippen LogP) is 1.03. The third-order valence-electron chi connectivity index (χ3n) is 1.82. The van der Waals surface area contributed by atoms with E-state index in [0.717, 1.165) is 3.57 Å². The fourth-order valence-corrected chi connectivity index (χ4v) is 1.59. The summed E-state index contributed by atoms with van der Waals surface area (Å²) in [6.07, 6.45) is 3.44. The molecule has 16 heavy (non-hydrogen) atoms. The Bertz CT molecular complexity index is 352. The molecule has 1 rings (SSSR count). The van der Waals surface area contributed by atoms with Crippen molar-refractivity contribution < 1.29 is 4.79 Å². The number of rotatable bonds is 5. The summed E-state index contributed by atoms with van der Waals surface area (Å²) in [6.45, 7) is 5.00.